The summed E-state index contributed by atoms with van der Waals surface area (Å²) in [5.74, 6) is -1.10. The summed E-state index contributed by atoms with van der Waals surface area (Å²) in [4.78, 5) is 22.4. The number of methoxy groups -OCH3 is 2. The molecule has 18 heavy (non-hydrogen) atoms. The molecule has 0 aliphatic heterocycles. The number of hydrogen-bond acceptors (Lipinski definition) is 4. The molecular weight excluding hydrogens is 232 g/mol. The van der Waals surface area contributed by atoms with Crippen LogP contribution in [0.1, 0.15) is 46.4 Å². The Labute approximate surface area is 107 Å². The third-order valence-electron chi connectivity index (χ3n) is 2.74. The monoisotopic (exact) mass is 250 g/mol. The average molecular weight is 250 g/mol. The first-order valence-corrected chi connectivity index (χ1v) is 5.96. The first-order chi connectivity index (χ1) is 8.70. The SMILES string of the molecule is C1CCC1.COC(=O)c1ccccc1C(=O)OC. The van der Waals surface area contributed by atoms with E-state index in [1.807, 2.05) is 0 Å². The molecule has 0 amide bonds. The van der Waals surface area contributed by atoms with E-state index in [0.29, 0.717) is 0 Å². The van der Waals surface area contributed by atoms with Crippen LogP contribution in [0.3, 0.4) is 0 Å². The van der Waals surface area contributed by atoms with Crippen molar-refractivity contribution in [3.05, 3.63) is 35.4 Å². The van der Waals surface area contributed by atoms with Gasteiger partial charge in [-0.15, -0.1) is 0 Å². The molecule has 1 aromatic carbocycles. The van der Waals surface area contributed by atoms with Gasteiger partial charge in [0.2, 0.25) is 0 Å². The first-order valence-electron chi connectivity index (χ1n) is 5.96. The predicted molar refractivity (Wildman–Crippen MR) is 67.6 cm³/mol. The molecule has 1 aliphatic carbocycles. The number of esters is 2. The molecule has 1 aliphatic rings. The van der Waals surface area contributed by atoms with Crippen LogP contribution in [-0.2, 0) is 9.47 Å². The fraction of sp³-hybridized carbons (Fsp3) is 0.429. The van der Waals surface area contributed by atoms with E-state index in [-0.39, 0.29) is 11.1 Å². The van der Waals surface area contributed by atoms with E-state index in [9.17, 15) is 9.59 Å². The van der Waals surface area contributed by atoms with Crippen molar-refractivity contribution in [1.29, 1.82) is 0 Å². The lowest BCUT2D eigenvalue weighted by Gasteiger charge is -2.05. The molecule has 0 spiro atoms. The number of benzene rings is 1. The zero-order valence-corrected chi connectivity index (χ0v) is 10.8. The van der Waals surface area contributed by atoms with E-state index in [0.717, 1.165) is 0 Å². The van der Waals surface area contributed by atoms with Gasteiger partial charge >= 0.3 is 11.9 Å². The Bertz CT molecular complexity index is 369. The Kier molecular flexibility index (Phi) is 5.91. The van der Waals surface area contributed by atoms with Crippen LogP contribution in [0.25, 0.3) is 0 Å². The maximum absolute atomic E-state index is 11.2. The quantitative estimate of drug-likeness (QED) is 0.757. The number of ether oxygens (including phenoxy) is 2. The molecule has 1 fully saturated rings. The number of hydrogen-bond donors (Lipinski definition) is 0. The summed E-state index contributed by atoms with van der Waals surface area (Å²) in [6, 6.07) is 6.33. The van der Waals surface area contributed by atoms with Gasteiger partial charge in [-0.3, -0.25) is 0 Å². The molecule has 1 saturated carbocycles. The molecule has 0 atom stereocenters. The molecule has 0 heterocycles. The first kappa shape index (κ1) is 14.2. The molecule has 0 bridgehead atoms. The highest BCUT2D eigenvalue weighted by Crippen LogP contribution is 2.15. The van der Waals surface area contributed by atoms with Gasteiger partial charge in [-0.1, -0.05) is 37.8 Å². The van der Waals surface area contributed by atoms with Crippen molar-refractivity contribution in [3.63, 3.8) is 0 Å². The van der Waals surface area contributed by atoms with Gasteiger partial charge in [-0.25, -0.2) is 9.59 Å². The van der Waals surface area contributed by atoms with Crippen molar-refractivity contribution in [3.8, 4) is 0 Å². The lowest BCUT2D eigenvalue weighted by Crippen LogP contribution is -2.11. The van der Waals surface area contributed by atoms with E-state index in [2.05, 4.69) is 9.47 Å². The standard InChI is InChI=1S/C10H10O4.C4H8/c1-13-9(11)7-5-3-4-6-8(7)10(12)14-2;1-2-4-3-1/h3-6H,1-2H3;1-4H2. The molecule has 4 heteroatoms. The third-order valence-corrected chi connectivity index (χ3v) is 2.74. The zero-order valence-electron chi connectivity index (χ0n) is 10.8. The Hall–Kier alpha value is -1.84. The third kappa shape index (κ3) is 3.87. The maximum Gasteiger partial charge on any atom is 0.338 e. The van der Waals surface area contributed by atoms with Crippen molar-refractivity contribution in [2.45, 2.75) is 25.7 Å². The van der Waals surface area contributed by atoms with E-state index in [1.54, 1.807) is 12.1 Å². The largest absolute Gasteiger partial charge is 0.465 e. The molecule has 98 valence electrons. The van der Waals surface area contributed by atoms with Gasteiger partial charge in [0.1, 0.15) is 0 Å². The summed E-state index contributed by atoms with van der Waals surface area (Å²) in [7, 11) is 2.52. The second kappa shape index (κ2) is 7.48. The Morgan fingerprint density at radius 3 is 1.39 bits per heavy atom. The van der Waals surface area contributed by atoms with Gasteiger partial charge in [0, 0.05) is 0 Å². The minimum Gasteiger partial charge on any atom is -0.465 e. The van der Waals surface area contributed by atoms with Gasteiger partial charge in [-0.2, -0.15) is 0 Å². The van der Waals surface area contributed by atoms with Crippen LogP contribution in [0, 0.1) is 0 Å². The van der Waals surface area contributed by atoms with E-state index in [1.165, 1.54) is 52.0 Å². The van der Waals surface area contributed by atoms with Crippen LogP contribution in [0.5, 0.6) is 0 Å². The Balaban J connectivity index is 0.000000341. The number of carbonyl (C=O) groups excluding carboxylic acids is 2. The average Bonchev–Trinajstić information content (AvgIpc) is 2.35. The molecular formula is C14H18O4. The van der Waals surface area contributed by atoms with Gasteiger partial charge < -0.3 is 9.47 Å². The highest BCUT2D eigenvalue weighted by atomic mass is 16.5. The summed E-state index contributed by atoms with van der Waals surface area (Å²) in [6.45, 7) is 0. The lowest BCUT2D eigenvalue weighted by molar-refractivity contribution is 0.0555. The number of rotatable bonds is 2. The maximum atomic E-state index is 11.2. The molecule has 0 saturated heterocycles. The second-order valence-electron chi connectivity index (χ2n) is 3.94. The second-order valence-corrected chi connectivity index (χ2v) is 3.94. The summed E-state index contributed by atoms with van der Waals surface area (Å²) in [5.41, 5.74) is 0.420. The summed E-state index contributed by atoms with van der Waals surface area (Å²) in [6.07, 6.45) is 6.00. The van der Waals surface area contributed by atoms with Crippen molar-refractivity contribution in [2.24, 2.45) is 0 Å². The Morgan fingerprint density at radius 1 is 0.833 bits per heavy atom. The summed E-state index contributed by atoms with van der Waals surface area (Å²) < 4.78 is 9.05. The van der Waals surface area contributed by atoms with Crippen LogP contribution in [0.4, 0.5) is 0 Å². The van der Waals surface area contributed by atoms with Crippen molar-refractivity contribution < 1.29 is 19.1 Å². The summed E-state index contributed by atoms with van der Waals surface area (Å²) in [5, 5.41) is 0. The normalized spacial score (nSPS) is 12.6. The molecule has 0 aromatic heterocycles. The molecule has 1 aromatic rings. The lowest BCUT2D eigenvalue weighted by atomic mass is 10.0. The van der Waals surface area contributed by atoms with Crippen LogP contribution in [-0.4, -0.2) is 26.2 Å². The van der Waals surface area contributed by atoms with Gasteiger partial charge in [0.25, 0.3) is 0 Å². The molecule has 4 nitrogen and oxygen atoms in total. The zero-order chi connectivity index (χ0) is 13.4. The van der Waals surface area contributed by atoms with Crippen LogP contribution >= 0.6 is 0 Å². The van der Waals surface area contributed by atoms with Gasteiger partial charge in [-0.05, 0) is 12.1 Å². The highest BCUT2D eigenvalue weighted by molar-refractivity contribution is 6.02. The minimum atomic E-state index is -0.550. The predicted octanol–water partition coefficient (Wildman–Crippen LogP) is 2.82. The van der Waals surface area contributed by atoms with Crippen molar-refractivity contribution in [2.75, 3.05) is 14.2 Å². The minimum absolute atomic E-state index is 0.210. The molecule has 2 rings (SSSR count). The smallest absolute Gasteiger partial charge is 0.338 e. The topological polar surface area (TPSA) is 52.6 Å². The van der Waals surface area contributed by atoms with Crippen molar-refractivity contribution in [1.82, 2.24) is 0 Å². The van der Waals surface area contributed by atoms with Crippen molar-refractivity contribution >= 4 is 11.9 Å². The van der Waals surface area contributed by atoms with Crippen LogP contribution in [0.15, 0.2) is 24.3 Å². The fourth-order valence-corrected chi connectivity index (χ4v) is 1.31. The van der Waals surface area contributed by atoms with Crippen LogP contribution < -0.4 is 0 Å². The molecule has 0 radical (unpaired) electrons. The highest BCUT2D eigenvalue weighted by Gasteiger charge is 2.16. The number of carbonyl (C=O) groups is 2. The van der Waals surface area contributed by atoms with E-state index < -0.39 is 11.9 Å². The van der Waals surface area contributed by atoms with Gasteiger partial charge in [0.05, 0.1) is 25.3 Å². The Morgan fingerprint density at radius 2 is 1.17 bits per heavy atom. The molecule has 0 unspecified atom stereocenters. The fourth-order valence-electron chi connectivity index (χ4n) is 1.31. The summed E-state index contributed by atoms with van der Waals surface area (Å²) >= 11 is 0. The van der Waals surface area contributed by atoms with E-state index >= 15 is 0 Å². The van der Waals surface area contributed by atoms with Gasteiger partial charge in [0.15, 0.2) is 0 Å². The van der Waals surface area contributed by atoms with Crippen LogP contribution in [0.2, 0.25) is 0 Å². The molecule has 0 N–H and O–H groups in total. The van der Waals surface area contributed by atoms with E-state index in [4.69, 9.17) is 0 Å².